The zero-order valence-corrected chi connectivity index (χ0v) is 41.2. The van der Waals surface area contributed by atoms with Crippen molar-refractivity contribution in [2.45, 2.75) is 81.9 Å². The van der Waals surface area contributed by atoms with Gasteiger partial charge in [-0.15, -0.1) is 0 Å². The lowest BCUT2D eigenvalue weighted by Gasteiger charge is -2.37. The fourth-order valence-corrected chi connectivity index (χ4v) is 11.6. The molecule has 1 aliphatic carbocycles. The topological polar surface area (TPSA) is 173 Å². The molecule has 1 aromatic heterocycles. The number of aromatic nitrogens is 2. The van der Waals surface area contributed by atoms with E-state index in [1.807, 2.05) is 62.5 Å². The standard InChI is InChI=1S/C55H57ClF2N8O6/c1-31-46-44(28-41(57)49(56)48(46)47-40(51(59)68)19-20-43(71-3)50(47)58)72-55(31,36-7-5-4-6-8-36)30-60-37-16-11-34(12-17-37)53(69)61-38-14-9-32(10-15-38)29-65-24-21-33(22-25-65)35-13-18-39-42(27-35)64(2)63-52(39)66-26-23-45(67)62-54(66)70/h4-10,13-15,18-20,27-28,31,33-34,37,60H,11-12,16-17,21-26,29-30H2,1-3H3,(H2,59,68)(H,61,69)(H,62,67,70). The minimum Gasteiger partial charge on any atom is -0.494 e. The van der Waals surface area contributed by atoms with Crippen LogP contribution in [0.2, 0.25) is 5.02 Å². The molecule has 3 fully saturated rings. The SMILES string of the molecule is COc1ccc(C(N)=O)c(-c2c(Cl)c(F)cc3c2C(C)C(CNC2CCC(C(=O)Nc4ccc(CN5CCC(c6ccc7c(N8CCC(=O)NC8=O)nn(C)c7c6)CC5)cc4)CC2)(c2ccccc2)O3)c1F. The Bertz CT molecular complexity index is 3080. The molecule has 1 saturated carbocycles. The maximum atomic E-state index is 16.2. The number of nitrogens with one attached hydrogen (secondary N) is 3. The first-order valence-electron chi connectivity index (χ1n) is 24.6. The quantitative estimate of drug-likeness (QED) is 0.0880. The first-order valence-corrected chi connectivity index (χ1v) is 25.0. The molecule has 374 valence electrons. The van der Waals surface area contributed by atoms with Gasteiger partial charge in [0.25, 0.3) is 0 Å². The van der Waals surface area contributed by atoms with Gasteiger partial charge in [-0.2, -0.15) is 5.10 Å². The van der Waals surface area contributed by atoms with Crippen molar-refractivity contribution in [2.24, 2.45) is 18.7 Å². The van der Waals surface area contributed by atoms with Crippen LogP contribution < -0.4 is 36.1 Å². The van der Waals surface area contributed by atoms with E-state index in [1.54, 1.807) is 4.68 Å². The highest BCUT2D eigenvalue weighted by molar-refractivity contribution is 6.34. The monoisotopic (exact) mass is 998 g/mol. The van der Waals surface area contributed by atoms with Gasteiger partial charge in [0.2, 0.25) is 17.7 Å². The van der Waals surface area contributed by atoms with Gasteiger partial charge in [0.05, 0.1) is 23.2 Å². The van der Waals surface area contributed by atoms with Crippen LogP contribution >= 0.6 is 11.6 Å². The van der Waals surface area contributed by atoms with Gasteiger partial charge in [-0.25, -0.2) is 13.6 Å². The van der Waals surface area contributed by atoms with Crippen LogP contribution in [-0.4, -0.2) is 77.8 Å². The minimum atomic E-state index is -1.09. The first kappa shape index (κ1) is 48.7. The van der Waals surface area contributed by atoms with Crippen molar-refractivity contribution in [3.05, 3.63) is 135 Å². The van der Waals surface area contributed by atoms with Crippen LogP contribution in [0.4, 0.5) is 25.1 Å². The summed E-state index contributed by atoms with van der Waals surface area (Å²) in [5, 5.41) is 14.4. The number of carbonyl (C=O) groups excluding carboxylic acids is 4. The molecule has 4 heterocycles. The van der Waals surface area contributed by atoms with Gasteiger partial charge in [-0.1, -0.05) is 67.1 Å². The van der Waals surface area contributed by atoms with Gasteiger partial charge in [-0.3, -0.25) is 34.2 Å². The van der Waals surface area contributed by atoms with E-state index in [0.29, 0.717) is 43.2 Å². The number of methoxy groups -OCH3 is 1. The number of piperidine rings is 1. The summed E-state index contributed by atoms with van der Waals surface area (Å²) in [6, 6.07) is 27.5. The number of amides is 5. The Balaban J connectivity index is 0.737. The summed E-state index contributed by atoms with van der Waals surface area (Å²) in [5.41, 5.74) is 9.61. The molecule has 6 aromatic rings. The summed E-state index contributed by atoms with van der Waals surface area (Å²) in [5.74, 6) is -2.62. The highest BCUT2D eigenvalue weighted by atomic mass is 35.5. The number of likely N-dealkylation sites (tertiary alicyclic amines) is 1. The molecule has 5 aromatic carbocycles. The highest BCUT2D eigenvalue weighted by Gasteiger charge is 2.50. The third-order valence-electron chi connectivity index (χ3n) is 15.4. The van der Waals surface area contributed by atoms with Gasteiger partial charge in [0.1, 0.15) is 11.6 Å². The van der Waals surface area contributed by atoms with E-state index >= 15 is 8.78 Å². The van der Waals surface area contributed by atoms with Gasteiger partial charge >= 0.3 is 6.03 Å². The molecule has 14 nitrogen and oxygen atoms in total. The summed E-state index contributed by atoms with van der Waals surface area (Å²) in [7, 11) is 3.18. The predicted octanol–water partition coefficient (Wildman–Crippen LogP) is 9.28. The molecule has 2 unspecified atom stereocenters. The Morgan fingerprint density at radius 2 is 1.67 bits per heavy atom. The average molecular weight is 1000 g/mol. The second kappa shape index (κ2) is 20.0. The van der Waals surface area contributed by atoms with E-state index in [1.165, 1.54) is 41.3 Å². The molecule has 5 amide bonds. The van der Waals surface area contributed by atoms with Crippen molar-refractivity contribution < 1.29 is 37.4 Å². The number of primary amides is 1. The van der Waals surface area contributed by atoms with Gasteiger partial charge in [0, 0.05) is 84.8 Å². The highest BCUT2D eigenvalue weighted by Crippen LogP contribution is 2.56. The number of nitrogens with zero attached hydrogens (tertiary/aromatic N) is 4. The number of aryl methyl sites for hydroxylation is 1. The molecule has 2 saturated heterocycles. The average Bonchev–Trinajstić information content (AvgIpc) is 3.86. The molecule has 4 aliphatic rings. The molecule has 10 rings (SSSR count). The fraction of sp³-hybridized carbons (Fsp3) is 0.364. The zero-order chi connectivity index (χ0) is 50.4. The van der Waals surface area contributed by atoms with E-state index in [-0.39, 0.29) is 63.4 Å². The number of benzene rings is 5. The molecule has 0 bridgehead atoms. The maximum Gasteiger partial charge on any atom is 0.329 e. The number of halogens is 3. The summed E-state index contributed by atoms with van der Waals surface area (Å²) >= 11 is 6.69. The van der Waals surface area contributed by atoms with Gasteiger partial charge in [-0.05, 0) is 111 Å². The van der Waals surface area contributed by atoms with Crippen LogP contribution in [0.3, 0.4) is 0 Å². The van der Waals surface area contributed by atoms with Crippen molar-refractivity contribution in [1.29, 1.82) is 0 Å². The summed E-state index contributed by atoms with van der Waals surface area (Å²) in [4.78, 5) is 54.6. The van der Waals surface area contributed by atoms with Crippen LogP contribution in [0, 0.1) is 17.6 Å². The smallest absolute Gasteiger partial charge is 0.329 e. The summed E-state index contributed by atoms with van der Waals surface area (Å²) in [6.07, 6.45) is 5.11. The Kier molecular flexibility index (Phi) is 13.5. The van der Waals surface area contributed by atoms with E-state index in [9.17, 15) is 19.2 Å². The molecule has 72 heavy (non-hydrogen) atoms. The number of nitrogens with two attached hydrogens (primary N) is 1. The molecular weight excluding hydrogens is 942 g/mol. The van der Waals surface area contributed by atoms with E-state index in [4.69, 9.17) is 26.8 Å². The zero-order valence-electron chi connectivity index (χ0n) is 40.4. The molecule has 5 N–H and O–H groups in total. The minimum absolute atomic E-state index is 0.00668. The van der Waals surface area contributed by atoms with Crippen molar-refractivity contribution in [3.63, 3.8) is 0 Å². The number of hydrogen-bond donors (Lipinski definition) is 4. The second-order valence-electron chi connectivity index (χ2n) is 19.6. The van der Waals surface area contributed by atoms with Crippen LogP contribution in [0.1, 0.15) is 96.3 Å². The number of hydrogen-bond acceptors (Lipinski definition) is 9. The molecule has 0 radical (unpaired) electrons. The number of anilines is 2. The Morgan fingerprint density at radius 1 is 0.931 bits per heavy atom. The number of imide groups is 1. The molecular formula is C55H57ClF2N8O6. The Labute approximate surface area is 421 Å². The maximum absolute atomic E-state index is 16.2. The summed E-state index contributed by atoms with van der Waals surface area (Å²) in [6.45, 7) is 5.24. The lowest BCUT2D eigenvalue weighted by molar-refractivity contribution is -0.121. The molecule has 17 heteroatoms. The number of rotatable bonds is 13. The van der Waals surface area contributed by atoms with E-state index in [2.05, 4.69) is 50.2 Å². The van der Waals surface area contributed by atoms with Crippen molar-refractivity contribution in [1.82, 2.24) is 25.3 Å². The van der Waals surface area contributed by atoms with Crippen LogP contribution in [0.15, 0.2) is 91.0 Å². The first-order chi connectivity index (χ1) is 34.7. The van der Waals surface area contributed by atoms with Crippen molar-refractivity contribution in [2.75, 3.05) is 43.5 Å². The van der Waals surface area contributed by atoms with Gasteiger partial charge < -0.3 is 25.8 Å². The van der Waals surface area contributed by atoms with Gasteiger partial charge in [0.15, 0.2) is 23.0 Å². The van der Waals surface area contributed by atoms with E-state index in [0.717, 1.165) is 67.5 Å². The predicted molar refractivity (Wildman–Crippen MR) is 271 cm³/mol. The Hall–Kier alpha value is -6.88. The second-order valence-corrected chi connectivity index (χ2v) is 19.9. The third kappa shape index (κ3) is 9.15. The molecule has 3 aliphatic heterocycles. The summed E-state index contributed by atoms with van der Waals surface area (Å²) < 4.78 is 45.8. The van der Waals surface area contributed by atoms with Crippen LogP contribution in [0.5, 0.6) is 11.5 Å². The van der Waals surface area contributed by atoms with Crippen LogP contribution in [-0.2, 0) is 28.8 Å². The number of fused-ring (bicyclic) bond motifs is 2. The lowest BCUT2D eigenvalue weighted by Crippen LogP contribution is -2.49. The molecule has 0 spiro atoms. The lowest BCUT2D eigenvalue weighted by atomic mass is 9.77. The number of carbonyl (C=O) groups is 4. The van der Waals surface area contributed by atoms with Crippen molar-refractivity contribution >= 4 is 57.8 Å². The third-order valence-corrected chi connectivity index (χ3v) is 15.7. The Morgan fingerprint density at radius 3 is 2.36 bits per heavy atom. The normalized spacial score (nSPS) is 21.6. The molecule has 2 atom stereocenters. The van der Waals surface area contributed by atoms with Crippen molar-refractivity contribution in [3.8, 4) is 22.6 Å². The largest absolute Gasteiger partial charge is 0.494 e. The number of ether oxygens (including phenoxy) is 2. The van der Waals surface area contributed by atoms with E-state index < -0.39 is 35.1 Å². The fourth-order valence-electron chi connectivity index (χ4n) is 11.3. The van der Waals surface area contributed by atoms with Crippen LogP contribution in [0.25, 0.3) is 22.0 Å². The number of urea groups is 1.